The van der Waals surface area contributed by atoms with Crippen LogP contribution in [-0.4, -0.2) is 22.9 Å². The molecule has 0 saturated heterocycles. The quantitative estimate of drug-likeness (QED) is 0.748. The summed E-state index contributed by atoms with van der Waals surface area (Å²) in [4.78, 5) is 9.62. The van der Waals surface area contributed by atoms with Crippen molar-refractivity contribution >= 4 is 17.6 Å². The molecule has 0 aromatic rings. The molecule has 0 saturated carbocycles. The van der Waals surface area contributed by atoms with Crippen molar-refractivity contribution in [1.29, 1.82) is 0 Å². The van der Waals surface area contributed by atoms with Gasteiger partial charge in [-0.25, -0.2) is 9.18 Å². The lowest BCUT2D eigenvalue weighted by atomic mass is 10.1. The summed E-state index contributed by atoms with van der Waals surface area (Å²) in [5, 5.41) is 7.65. The van der Waals surface area contributed by atoms with E-state index in [2.05, 4.69) is 11.6 Å². The van der Waals surface area contributed by atoms with Crippen LogP contribution in [0.4, 0.5) is 22.0 Å². The van der Waals surface area contributed by atoms with Crippen LogP contribution < -0.4 is 0 Å². The van der Waals surface area contributed by atoms with Crippen LogP contribution in [0.1, 0.15) is 0 Å². The lowest BCUT2D eigenvalue weighted by Gasteiger charge is -2.20. The summed E-state index contributed by atoms with van der Waals surface area (Å²) in [6.45, 7) is 0. The zero-order valence-electron chi connectivity index (χ0n) is 5.70. The lowest BCUT2D eigenvalue weighted by molar-refractivity contribution is -0.215. The summed E-state index contributed by atoms with van der Waals surface area (Å²) in [7, 11) is 0. The monoisotopic (exact) mass is 224 g/mol. The van der Waals surface area contributed by atoms with E-state index in [-0.39, 0.29) is 0 Å². The molecule has 0 radical (unpaired) electrons. The summed E-state index contributed by atoms with van der Waals surface area (Å²) in [6.07, 6.45) is 0. The number of allylic oxidation sites excluding steroid dienone is 1. The van der Waals surface area contributed by atoms with Crippen molar-refractivity contribution in [3.63, 3.8) is 0 Å². The van der Waals surface area contributed by atoms with Gasteiger partial charge in [-0.3, -0.25) is 0 Å². The topological polar surface area (TPSA) is 37.3 Å². The van der Waals surface area contributed by atoms with Crippen LogP contribution >= 0.6 is 11.6 Å². The molecule has 0 rings (SSSR count). The first kappa shape index (κ1) is 12.2. The SMILES string of the molecule is O=C(O)C(F)(F)C(F)(F)C(F)=CCl. The standard InChI is InChI=1S/C5H2ClF5O2/c6-1-2(7)4(8,9)5(10,11)3(12)13/h1H,(H,12,13). The predicted octanol–water partition coefficient (Wildman–Crippen LogP) is 2.39. The average Bonchev–Trinajstić information content (AvgIpc) is 2.02. The van der Waals surface area contributed by atoms with E-state index < -0.39 is 29.2 Å². The Morgan fingerprint density at radius 1 is 1.23 bits per heavy atom. The minimum Gasteiger partial charge on any atom is -0.477 e. The second kappa shape index (κ2) is 3.49. The van der Waals surface area contributed by atoms with E-state index in [4.69, 9.17) is 5.11 Å². The van der Waals surface area contributed by atoms with Gasteiger partial charge in [0.25, 0.3) is 0 Å². The minimum absolute atomic E-state index is 0.448. The van der Waals surface area contributed by atoms with Crippen LogP contribution in [0.2, 0.25) is 0 Å². The third-order valence-electron chi connectivity index (χ3n) is 1.06. The number of aliphatic carboxylic acids is 1. The van der Waals surface area contributed by atoms with E-state index in [1.807, 2.05) is 0 Å². The highest BCUT2D eigenvalue weighted by molar-refractivity contribution is 6.25. The molecule has 0 unspecified atom stereocenters. The van der Waals surface area contributed by atoms with Gasteiger partial charge in [0, 0.05) is 5.54 Å². The molecular formula is C5H2ClF5O2. The van der Waals surface area contributed by atoms with Crippen LogP contribution in [0.15, 0.2) is 11.4 Å². The Morgan fingerprint density at radius 3 is 1.85 bits per heavy atom. The number of carbonyl (C=O) groups is 1. The van der Waals surface area contributed by atoms with Gasteiger partial charge in [-0.1, -0.05) is 11.6 Å². The summed E-state index contributed by atoms with van der Waals surface area (Å²) in [6, 6.07) is 0. The highest BCUT2D eigenvalue weighted by Crippen LogP contribution is 2.40. The van der Waals surface area contributed by atoms with E-state index in [1.165, 1.54) is 0 Å². The first-order chi connectivity index (χ1) is 5.67. The van der Waals surface area contributed by atoms with Gasteiger partial charge in [0.2, 0.25) is 0 Å². The largest absolute Gasteiger partial charge is 0.477 e. The molecule has 8 heteroatoms. The van der Waals surface area contributed by atoms with Gasteiger partial charge in [0.05, 0.1) is 0 Å². The Bertz CT molecular complexity index is 249. The number of hydrogen-bond acceptors (Lipinski definition) is 1. The van der Waals surface area contributed by atoms with Crippen molar-refractivity contribution in [3.05, 3.63) is 11.4 Å². The molecule has 1 N–H and O–H groups in total. The van der Waals surface area contributed by atoms with Crippen molar-refractivity contribution in [2.75, 3.05) is 0 Å². The van der Waals surface area contributed by atoms with Crippen molar-refractivity contribution in [3.8, 4) is 0 Å². The van der Waals surface area contributed by atoms with E-state index >= 15 is 0 Å². The van der Waals surface area contributed by atoms with Crippen molar-refractivity contribution in [1.82, 2.24) is 0 Å². The fourth-order valence-electron chi connectivity index (χ4n) is 0.353. The normalized spacial score (nSPS) is 14.5. The van der Waals surface area contributed by atoms with Gasteiger partial charge in [-0.05, 0) is 0 Å². The van der Waals surface area contributed by atoms with Gasteiger partial charge in [0.1, 0.15) is 0 Å². The molecule has 0 heterocycles. The van der Waals surface area contributed by atoms with E-state index in [1.54, 1.807) is 0 Å². The summed E-state index contributed by atoms with van der Waals surface area (Å²) < 4.78 is 60.5. The molecule has 2 nitrogen and oxygen atoms in total. The Kier molecular flexibility index (Phi) is 3.26. The summed E-state index contributed by atoms with van der Waals surface area (Å²) in [5.74, 6) is -16.8. The smallest absolute Gasteiger partial charge is 0.411 e. The van der Waals surface area contributed by atoms with Crippen LogP contribution in [0.3, 0.4) is 0 Å². The van der Waals surface area contributed by atoms with Crippen LogP contribution in [0.5, 0.6) is 0 Å². The van der Waals surface area contributed by atoms with Gasteiger partial charge in [-0.2, -0.15) is 17.6 Å². The van der Waals surface area contributed by atoms with Crippen LogP contribution in [0.25, 0.3) is 0 Å². The molecule has 0 aliphatic carbocycles. The highest BCUT2D eigenvalue weighted by atomic mass is 35.5. The molecule has 0 atom stereocenters. The molecule has 0 fully saturated rings. The van der Waals surface area contributed by atoms with Crippen LogP contribution in [0, 0.1) is 0 Å². The third kappa shape index (κ3) is 1.90. The maximum absolute atomic E-state index is 12.2. The molecular weight excluding hydrogens is 222 g/mol. The fourth-order valence-corrected chi connectivity index (χ4v) is 0.490. The van der Waals surface area contributed by atoms with Gasteiger partial charge in [-0.15, -0.1) is 0 Å². The molecule has 0 spiro atoms. The fraction of sp³-hybridized carbons (Fsp3) is 0.400. The minimum atomic E-state index is -5.53. The predicted molar refractivity (Wildman–Crippen MR) is 32.6 cm³/mol. The molecule has 13 heavy (non-hydrogen) atoms. The van der Waals surface area contributed by atoms with E-state index in [9.17, 15) is 26.7 Å². The molecule has 0 aliphatic rings. The average molecular weight is 225 g/mol. The number of halogens is 6. The highest BCUT2D eigenvalue weighted by Gasteiger charge is 2.65. The maximum atomic E-state index is 12.2. The summed E-state index contributed by atoms with van der Waals surface area (Å²) >= 11 is 4.40. The Hall–Kier alpha value is -0.850. The second-order valence-electron chi connectivity index (χ2n) is 1.91. The first-order valence-electron chi connectivity index (χ1n) is 2.63. The number of rotatable bonds is 3. The number of hydrogen-bond donors (Lipinski definition) is 1. The Balaban J connectivity index is 5.15. The second-order valence-corrected chi connectivity index (χ2v) is 2.13. The van der Waals surface area contributed by atoms with Crippen LogP contribution in [-0.2, 0) is 4.79 Å². The van der Waals surface area contributed by atoms with Crippen molar-refractivity contribution in [2.45, 2.75) is 11.8 Å². The molecule has 0 aromatic carbocycles. The number of carboxylic acids is 1. The molecule has 0 aliphatic heterocycles. The number of alkyl halides is 4. The summed E-state index contributed by atoms with van der Waals surface area (Å²) in [5.41, 5.74) is -0.448. The Morgan fingerprint density at radius 2 is 1.62 bits per heavy atom. The van der Waals surface area contributed by atoms with Crippen molar-refractivity contribution in [2.24, 2.45) is 0 Å². The van der Waals surface area contributed by atoms with E-state index in [0.717, 1.165) is 0 Å². The molecule has 76 valence electrons. The molecule has 0 bridgehead atoms. The lowest BCUT2D eigenvalue weighted by Crippen LogP contribution is -2.47. The van der Waals surface area contributed by atoms with Gasteiger partial charge >= 0.3 is 17.8 Å². The Labute approximate surface area is 73.6 Å². The number of carboxylic acid groups (broad SMARTS) is 1. The van der Waals surface area contributed by atoms with Crippen molar-refractivity contribution < 1.29 is 31.9 Å². The van der Waals surface area contributed by atoms with E-state index in [0.29, 0.717) is 0 Å². The zero-order chi connectivity index (χ0) is 10.9. The molecule has 0 aromatic heterocycles. The van der Waals surface area contributed by atoms with Gasteiger partial charge < -0.3 is 5.11 Å². The first-order valence-corrected chi connectivity index (χ1v) is 3.07. The van der Waals surface area contributed by atoms with Gasteiger partial charge in [0.15, 0.2) is 5.83 Å². The molecule has 0 amide bonds. The maximum Gasteiger partial charge on any atom is 0.411 e. The zero-order valence-corrected chi connectivity index (χ0v) is 6.46. The third-order valence-corrected chi connectivity index (χ3v) is 1.25.